The molecule has 0 radical (unpaired) electrons. The van der Waals surface area contributed by atoms with Crippen molar-refractivity contribution in [2.45, 2.75) is 52.9 Å². The summed E-state index contributed by atoms with van der Waals surface area (Å²) in [5.74, 6) is 0. The topological polar surface area (TPSA) is 38.7 Å². The maximum absolute atomic E-state index is 8.93. The van der Waals surface area contributed by atoms with E-state index < -0.39 is 0 Å². The highest BCUT2D eigenvalue weighted by Gasteiger charge is 2.09. The van der Waals surface area contributed by atoms with E-state index in [-0.39, 0.29) is 24.9 Å². The highest BCUT2D eigenvalue weighted by atomic mass is 16.5. The minimum Gasteiger partial charge on any atom is -0.392 e. The predicted octanol–water partition coefficient (Wildman–Crippen LogP) is 2.14. The SMILES string of the molecule is C/C(=C\[C@@H](COC(C)C)OC(C)C)CO. The third kappa shape index (κ3) is 8.60. The lowest BCUT2D eigenvalue weighted by Crippen LogP contribution is -2.24. The third-order valence-corrected chi connectivity index (χ3v) is 1.76. The molecule has 0 bridgehead atoms. The number of ether oxygens (including phenoxy) is 2. The van der Waals surface area contributed by atoms with Gasteiger partial charge in [0.2, 0.25) is 0 Å². The van der Waals surface area contributed by atoms with Gasteiger partial charge in [-0.25, -0.2) is 0 Å². The summed E-state index contributed by atoms with van der Waals surface area (Å²) in [6.45, 7) is 10.5. The number of aliphatic hydroxyl groups is 1. The van der Waals surface area contributed by atoms with Crippen LogP contribution in [0.25, 0.3) is 0 Å². The van der Waals surface area contributed by atoms with Crippen LogP contribution in [0.4, 0.5) is 0 Å². The highest BCUT2D eigenvalue weighted by Crippen LogP contribution is 2.05. The molecule has 0 amide bonds. The molecule has 0 rings (SSSR count). The molecule has 0 saturated carbocycles. The first-order valence-corrected chi connectivity index (χ1v) is 5.51. The third-order valence-electron chi connectivity index (χ3n) is 1.76. The summed E-state index contributed by atoms with van der Waals surface area (Å²) in [4.78, 5) is 0. The van der Waals surface area contributed by atoms with Gasteiger partial charge in [0.25, 0.3) is 0 Å². The molecule has 0 saturated heterocycles. The van der Waals surface area contributed by atoms with E-state index in [0.717, 1.165) is 5.57 Å². The fraction of sp³-hybridized carbons (Fsp3) is 0.833. The van der Waals surface area contributed by atoms with Crippen LogP contribution in [0.1, 0.15) is 34.6 Å². The van der Waals surface area contributed by atoms with Gasteiger partial charge in [0.1, 0.15) is 0 Å². The molecule has 0 heterocycles. The van der Waals surface area contributed by atoms with E-state index >= 15 is 0 Å². The number of hydrogen-bond acceptors (Lipinski definition) is 3. The van der Waals surface area contributed by atoms with Gasteiger partial charge in [0.15, 0.2) is 0 Å². The Bertz CT molecular complexity index is 185. The van der Waals surface area contributed by atoms with Crippen molar-refractivity contribution in [3.63, 3.8) is 0 Å². The predicted molar refractivity (Wildman–Crippen MR) is 61.9 cm³/mol. The van der Waals surface area contributed by atoms with Crippen molar-refractivity contribution < 1.29 is 14.6 Å². The van der Waals surface area contributed by atoms with Crippen LogP contribution in [0.5, 0.6) is 0 Å². The van der Waals surface area contributed by atoms with Crippen LogP contribution in [0.3, 0.4) is 0 Å². The average molecular weight is 216 g/mol. The Morgan fingerprint density at radius 2 is 1.80 bits per heavy atom. The summed E-state index contributed by atoms with van der Waals surface area (Å²) in [6.07, 6.45) is 2.21. The maximum atomic E-state index is 8.93. The molecule has 1 atom stereocenters. The van der Waals surface area contributed by atoms with Crippen molar-refractivity contribution in [3.8, 4) is 0 Å². The largest absolute Gasteiger partial charge is 0.392 e. The van der Waals surface area contributed by atoms with Crippen LogP contribution in [-0.4, -0.2) is 36.6 Å². The van der Waals surface area contributed by atoms with Crippen LogP contribution in [0.2, 0.25) is 0 Å². The van der Waals surface area contributed by atoms with Crippen molar-refractivity contribution in [3.05, 3.63) is 11.6 Å². The zero-order valence-electron chi connectivity index (χ0n) is 10.5. The quantitative estimate of drug-likeness (QED) is 0.663. The van der Waals surface area contributed by atoms with Gasteiger partial charge in [-0.05, 0) is 40.2 Å². The van der Waals surface area contributed by atoms with E-state index in [1.165, 1.54) is 0 Å². The van der Waals surface area contributed by atoms with Gasteiger partial charge < -0.3 is 14.6 Å². The number of rotatable bonds is 7. The molecule has 0 aromatic heterocycles. The first-order chi connectivity index (χ1) is 6.95. The Labute approximate surface area is 93.1 Å². The Balaban J connectivity index is 4.18. The lowest BCUT2D eigenvalue weighted by molar-refractivity contribution is -0.0369. The molecule has 0 spiro atoms. The molecular weight excluding hydrogens is 192 g/mol. The molecule has 3 heteroatoms. The molecule has 0 aromatic carbocycles. The molecule has 0 unspecified atom stereocenters. The fourth-order valence-electron chi connectivity index (χ4n) is 1.13. The van der Waals surface area contributed by atoms with Gasteiger partial charge in [-0.1, -0.05) is 6.08 Å². The Morgan fingerprint density at radius 3 is 2.20 bits per heavy atom. The van der Waals surface area contributed by atoms with Crippen molar-refractivity contribution >= 4 is 0 Å². The van der Waals surface area contributed by atoms with Crippen LogP contribution in [0.15, 0.2) is 11.6 Å². The second-order valence-corrected chi connectivity index (χ2v) is 4.28. The standard InChI is InChI=1S/C12H24O3/c1-9(2)14-8-12(15-10(3)4)6-11(5)7-13/h6,9-10,12-13H,7-8H2,1-5H3/b11-6+/t12-/m0/s1. The van der Waals surface area contributed by atoms with Crippen molar-refractivity contribution in [1.82, 2.24) is 0 Å². The van der Waals surface area contributed by atoms with E-state index in [1.807, 2.05) is 40.7 Å². The minimum absolute atomic E-state index is 0.0691. The second-order valence-electron chi connectivity index (χ2n) is 4.28. The number of hydrogen-bond donors (Lipinski definition) is 1. The van der Waals surface area contributed by atoms with E-state index in [1.54, 1.807) is 0 Å². The van der Waals surface area contributed by atoms with Crippen LogP contribution >= 0.6 is 0 Å². The van der Waals surface area contributed by atoms with Crippen molar-refractivity contribution in [2.75, 3.05) is 13.2 Å². The van der Waals surface area contributed by atoms with Crippen LogP contribution < -0.4 is 0 Å². The molecule has 0 aliphatic rings. The molecule has 0 fully saturated rings. The summed E-state index contributed by atoms with van der Waals surface area (Å²) in [5.41, 5.74) is 0.910. The van der Waals surface area contributed by atoms with Gasteiger partial charge in [-0.3, -0.25) is 0 Å². The summed E-state index contributed by atoms with van der Waals surface area (Å²) in [7, 11) is 0. The lowest BCUT2D eigenvalue weighted by Gasteiger charge is -2.19. The summed E-state index contributed by atoms with van der Waals surface area (Å²) in [5, 5.41) is 8.93. The Hall–Kier alpha value is -0.380. The van der Waals surface area contributed by atoms with Gasteiger partial charge in [0.05, 0.1) is 31.5 Å². The summed E-state index contributed by atoms with van der Waals surface area (Å²) < 4.78 is 11.2. The molecule has 0 aliphatic heterocycles. The Morgan fingerprint density at radius 1 is 1.20 bits per heavy atom. The fourth-order valence-corrected chi connectivity index (χ4v) is 1.13. The smallest absolute Gasteiger partial charge is 0.0996 e. The first-order valence-electron chi connectivity index (χ1n) is 5.51. The zero-order chi connectivity index (χ0) is 11.8. The normalized spacial score (nSPS) is 15.1. The van der Waals surface area contributed by atoms with Gasteiger partial charge in [-0.15, -0.1) is 0 Å². The number of aliphatic hydroxyl groups excluding tert-OH is 1. The first kappa shape index (κ1) is 14.6. The van der Waals surface area contributed by atoms with Crippen LogP contribution in [0, 0.1) is 0 Å². The van der Waals surface area contributed by atoms with E-state index in [0.29, 0.717) is 6.61 Å². The van der Waals surface area contributed by atoms with E-state index in [2.05, 4.69) is 0 Å². The minimum atomic E-state index is -0.0699. The lowest BCUT2D eigenvalue weighted by atomic mass is 10.2. The molecule has 90 valence electrons. The van der Waals surface area contributed by atoms with Gasteiger partial charge in [-0.2, -0.15) is 0 Å². The summed E-state index contributed by atoms with van der Waals surface area (Å²) in [6, 6.07) is 0. The Kier molecular flexibility index (Phi) is 7.65. The summed E-state index contributed by atoms with van der Waals surface area (Å²) >= 11 is 0. The van der Waals surface area contributed by atoms with Gasteiger partial charge >= 0.3 is 0 Å². The molecule has 15 heavy (non-hydrogen) atoms. The zero-order valence-corrected chi connectivity index (χ0v) is 10.5. The van der Waals surface area contributed by atoms with E-state index in [9.17, 15) is 0 Å². The average Bonchev–Trinajstić information content (AvgIpc) is 2.13. The highest BCUT2D eigenvalue weighted by molar-refractivity contribution is 5.02. The molecule has 3 nitrogen and oxygen atoms in total. The van der Waals surface area contributed by atoms with Gasteiger partial charge in [0, 0.05) is 0 Å². The molecule has 0 aliphatic carbocycles. The maximum Gasteiger partial charge on any atom is 0.0996 e. The van der Waals surface area contributed by atoms with Crippen molar-refractivity contribution in [1.29, 1.82) is 0 Å². The van der Waals surface area contributed by atoms with E-state index in [4.69, 9.17) is 14.6 Å². The monoisotopic (exact) mass is 216 g/mol. The molecular formula is C12H24O3. The molecule has 1 N–H and O–H groups in total. The molecule has 0 aromatic rings. The second kappa shape index (κ2) is 7.85. The van der Waals surface area contributed by atoms with Crippen molar-refractivity contribution in [2.24, 2.45) is 0 Å². The van der Waals surface area contributed by atoms with Crippen LogP contribution in [-0.2, 0) is 9.47 Å².